The molecule has 0 spiro atoms. The third-order valence-electron chi connectivity index (χ3n) is 4.58. The van der Waals surface area contributed by atoms with Gasteiger partial charge in [0.05, 0.1) is 0 Å². The Morgan fingerprint density at radius 3 is 2.58 bits per heavy atom. The Kier molecular flexibility index (Phi) is 6.34. The summed E-state index contributed by atoms with van der Waals surface area (Å²) in [6.45, 7) is 4.41. The van der Waals surface area contributed by atoms with Crippen LogP contribution in [0.2, 0.25) is 0 Å². The maximum absolute atomic E-state index is 12.6. The molecule has 24 heavy (non-hydrogen) atoms. The number of aryl methyl sites for hydroxylation is 1. The zero-order valence-corrected chi connectivity index (χ0v) is 14.7. The van der Waals surface area contributed by atoms with Crippen molar-refractivity contribution in [2.75, 3.05) is 13.1 Å². The van der Waals surface area contributed by atoms with Crippen molar-refractivity contribution in [1.82, 2.24) is 19.7 Å². The standard InChI is InChI=1S/C17H23N5O.ClH/c1-2-21-12-19-20-16(21)14-8-10-22(11-9-14)17(23)15(18)13-6-4-3-5-7-13;/h3-7,12,14-15H,2,8-11,18H2,1H3;1H. The van der Waals surface area contributed by atoms with Crippen molar-refractivity contribution in [2.45, 2.75) is 38.3 Å². The highest BCUT2D eigenvalue weighted by molar-refractivity contribution is 5.85. The van der Waals surface area contributed by atoms with E-state index in [0.29, 0.717) is 5.92 Å². The second-order valence-electron chi connectivity index (χ2n) is 5.96. The first kappa shape index (κ1) is 18.4. The highest BCUT2D eigenvalue weighted by atomic mass is 35.5. The molecule has 2 heterocycles. The average molecular weight is 350 g/mol. The van der Waals surface area contributed by atoms with Crippen molar-refractivity contribution in [3.8, 4) is 0 Å². The fourth-order valence-electron chi connectivity index (χ4n) is 3.18. The molecule has 3 rings (SSSR count). The molecule has 1 aromatic carbocycles. The van der Waals surface area contributed by atoms with Gasteiger partial charge in [-0.05, 0) is 25.3 Å². The Hall–Kier alpha value is -1.92. The van der Waals surface area contributed by atoms with Crippen LogP contribution in [0.4, 0.5) is 0 Å². The summed E-state index contributed by atoms with van der Waals surface area (Å²) in [7, 11) is 0. The maximum atomic E-state index is 12.6. The Balaban J connectivity index is 0.00000208. The van der Waals surface area contributed by atoms with Gasteiger partial charge in [0.15, 0.2) is 0 Å². The van der Waals surface area contributed by atoms with Gasteiger partial charge in [-0.2, -0.15) is 0 Å². The molecule has 1 aliphatic heterocycles. The highest BCUT2D eigenvalue weighted by Gasteiger charge is 2.29. The molecule has 7 heteroatoms. The lowest BCUT2D eigenvalue weighted by atomic mass is 9.95. The van der Waals surface area contributed by atoms with Gasteiger partial charge in [0.25, 0.3) is 0 Å². The van der Waals surface area contributed by atoms with Crippen molar-refractivity contribution < 1.29 is 4.79 Å². The fourth-order valence-corrected chi connectivity index (χ4v) is 3.18. The van der Waals surface area contributed by atoms with Gasteiger partial charge in [-0.3, -0.25) is 4.79 Å². The lowest BCUT2D eigenvalue weighted by Crippen LogP contribution is -2.43. The Morgan fingerprint density at radius 2 is 1.96 bits per heavy atom. The number of likely N-dealkylation sites (tertiary alicyclic amines) is 1. The number of carbonyl (C=O) groups excluding carboxylic acids is 1. The van der Waals surface area contributed by atoms with Gasteiger partial charge >= 0.3 is 0 Å². The monoisotopic (exact) mass is 349 g/mol. The number of benzene rings is 1. The summed E-state index contributed by atoms with van der Waals surface area (Å²) in [5.41, 5.74) is 6.99. The topological polar surface area (TPSA) is 77.0 Å². The second kappa shape index (κ2) is 8.26. The minimum absolute atomic E-state index is 0. The number of carbonyl (C=O) groups is 1. The molecule has 130 valence electrons. The van der Waals surface area contributed by atoms with Crippen molar-refractivity contribution in [1.29, 1.82) is 0 Å². The van der Waals surface area contributed by atoms with E-state index in [2.05, 4.69) is 21.7 Å². The summed E-state index contributed by atoms with van der Waals surface area (Å²) < 4.78 is 2.08. The minimum Gasteiger partial charge on any atom is -0.341 e. The molecule has 1 amide bonds. The summed E-state index contributed by atoms with van der Waals surface area (Å²) in [5, 5.41) is 8.25. The average Bonchev–Trinajstić information content (AvgIpc) is 3.10. The molecule has 1 saturated heterocycles. The SMILES string of the molecule is CCn1cnnc1C1CCN(C(=O)C(N)c2ccccc2)CC1.Cl. The van der Waals surface area contributed by atoms with Crippen LogP contribution in [0.25, 0.3) is 0 Å². The number of rotatable bonds is 4. The van der Waals surface area contributed by atoms with Crippen LogP contribution in [-0.4, -0.2) is 38.7 Å². The summed E-state index contributed by atoms with van der Waals surface area (Å²) in [5.74, 6) is 1.41. The number of halogens is 1. The summed E-state index contributed by atoms with van der Waals surface area (Å²) >= 11 is 0. The number of piperidine rings is 1. The van der Waals surface area contributed by atoms with Gasteiger partial charge in [-0.15, -0.1) is 22.6 Å². The summed E-state index contributed by atoms with van der Waals surface area (Å²) in [6.07, 6.45) is 3.59. The van der Waals surface area contributed by atoms with Crippen LogP contribution in [0.3, 0.4) is 0 Å². The van der Waals surface area contributed by atoms with E-state index in [1.54, 1.807) is 6.33 Å². The van der Waals surface area contributed by atoms with Gasteiger partial charge in [0.2, 0.25) is 5.91 Å². The van der Waals surface area contributed by atoms with Crippen LogP contribution in [0, 0.1) is 0 Å². The fraction of sp³-hybridized carbons (Fsp3) is 0.471. The normalized spacial score (nSPS) is 16.5. The number of amides is 1. The van der Waals surface area contributed by atoms with Crippen LogP contribution >= 0.6 is 12.4 Å². The van der Waals surface area contributed by atoms with Gasteiger partial charge in [0.1, 0.15) is 18.2 Å². The van der Waals surface area contributed by atoms with Gasteiger partial charge in [-0.25, -0.2) is 0 Å². The third-order valence-corrected chi connectivity index (χ3v) is 4.58. The second-order valence-corrected chi connectivity index (χ2v) is 5.96. The Labute approximate surface area is 148 Å². The number of hydrogen-bond donors (Lipinski definition) is 1. The van der Waals surface area contributed by atoms with Gasteiger partial charge in [-0.1, -0.05) is 30.3 Å². The van der Waals surface area contributed by atoms with Crippen molar-refractivity contribution in [2.24, 2.45) is 5.73 Å². The first-order chi connectivity index (χ1) is 11.2. The predicted molar refractivity (Wildman–Crippen MR) is 94.9 cm³/mol. The van der Waals surface area contributed by atoms with Crippen molar-refractivity contribution in [3.05, 3.63) is 48.0 Å². The molecular weight excluding hydrogens is 326 g/mol. The molecule has 0 aliphatic carbocycles. The largest absolute Gasteiger partial charge is 0.341 e. The van der Waals surface area contributed by atoms with E-state index in [1.807, 2.05) is 35.2 Å². The molecule has 6 nitrogen and oxygen atoms in total. The highest BCUT2D eigenvalue weighted by Crippen LogP contribution is 2.27. The molecule has 1 unspecified atom stereocenters. The summed E-state index contributed by atoms with van der Waals surface area (Å²) in [4.78, 5) is 14.5. The molecule has 1 aliphatic rings. The van der Waals surface area contributed by atoms with Crippen LogP contribution in [0.5, 0.6) is 0 Å². The molecule has 1 aromatic heterocycles. The Bertz CT molecular complexity index is 652. The molecule has 2 aromatic rings. The van der Waals surface area contributed by atoms with E-state index in [1.165, 1.54) is 0 Å². The van der Waals surface area contributed by atoms with Crippen LogP contribution in [0.1, 0.15) is 43.1 Å². The zero-order chi connectivity index (χ0) is 16.2. The first-order valence-electron chi connectivity index (χ1n) is 8.17. The first-order valence-corrected chi connectivity index (χ1v) is 8.17. The van der Waals surface area contributed by atoms with Crippen LogP contribution < -0.4 is 5.73 Å². The number of aromatic nitrogens is 3. The van der Waals surface area contributed by atoms with Crippen LogP contribution in [-0.2, 0) is 11.3 Å². The smallest absolute Gasteiger partial charge is 0.244 e. The molecule has 1 atom stereocenters. The van der Waals surface area contributed by atoms with E-state index in [-0.39, 0.29) is 18.3 Å². The van der Waals surface area contributed by atoms with E-state index in [0.717, 1.165) is 43.9 Å². The lowest BCUT2D eigenvalue weighted by Gasteiger charge is -2.33. The number of hydrogen-bond acceptors (Lipinski definition) is 4. The van der Waals surface area contributed by atoms with Crippen molar-refractivity contribution >= 4 is 18.3 Å². The van der Waals surface area contributed by atoms with Gasteiger partial charge < -0.3 is 15.2 Å². The minimum atomic E-state index is -0.577. The van der Waals surface area contributed by atoms with E-state index >= 15 is 0 Å². The maximum Gasteiger partial charge on any atom is 0.244 e. The van der Waals surface area contributed by atoms with E-state index in [9.17, 15) is 4.79 Å². The lowest BCUT2D eigenvalue weighted by molar-refractivity contribution is -0.133. The molecule has 1 fully saturated rings. The zero-order valence-electron chi connectivity index (χ0n) is 13.8. The summed E-state index contributed by atoms with van der Waals surface area (Å²) in [6, 6.07) is 8.97. The third kappa shape index (κ3) is 3.76. The van der Waals surface area contributed by atoms with E-state index < -0.39 is 6.04 Å². The van der Waals surface area contributed by atoms with Crippen molar-refractivity contribution in [3.63, 3.8) is 0 Å². The molecule has 0 radical (unpaired) electrons. The molecular formula is C17H24ClN5O. The molecule has 0 bridgehead atoms. The van der Waals surface area contributed by atoms with Gasteiger partial charge in [0, 0.05) is 25.6 Å². The number of nitrogens with two attached hydrogens (primary N) is 1. The molecule has 2 N–H and O–H groups in total. The number of nitrogens with zero attached hydrogens (tertiary/aromatic N) is 4. The van der Waals surface area contributed by atoms with Crippen LogP contribution in [0.15, 0.2) is 36.7 Å². The Morgan fingerprint density at radius 1 is 1.29 bits per heavy atom. The predicted octanol–water partition coefficient (Wildman–Crippen LogP) is 2.13. The van der Waals surface area contributed by atoms with E-state index in [4.69, 9.17) is 5.73 Å². The quantitative estimate of drug-likeness (QED) is 0.917. The molecule has 0 saturated carbocycles.